The first-order valence-electron chi connectivity index (χ1n) is 8.71. The number of rotatable bonds is 6. The standard InChI is InChI=1S/C22H20N2O4/c1-15(27-22(26)16-6-5-7-17(23)14-16)21(25)24-18-10-12-20(13-11-18)28-19-8-3-2-4-9-19/h2-15H,23H2,1H3,(H,24,25). The minimum atomic E-state index is -0.964. The van der Waals surface area contributed by atoms with Gasteiger partial charge in [-0.25, -0.2) is 4.79 Å². The molecule has 3 aromatic carbocycles. The van der Waals surface area contributed by atoms with Crippen molar-refractivity contribution >= 4 is 23.3 Å². The van der Waals surface area contributed by atoms with E-state index in [1.54, 1.807) is 42.5 Å². The SMILES string of the molecule is CC(OC(=O)c1cccc(N)c1)C(=O)Nc1ccc(Oc2ccccc2)cc1. The number of esters is 1. The Hall–Kier alpha value is -3.80. The molecule has 6 nitrogen and oxygen atoms in total. The Balaban J connectivity index is 1.55. The van der Waals surface area contributed by atoms with E-state index in [4.69, 9.17) is 15.2 Å². The van der Waals surface area contributed by atoms with Gasteiger partial charge in [0.15, 0.2) is 6.10 Å². The van der Waals surface area contributed by atoms with Gasteiger partial charge in [-0.2, -0.15) is 0 Å². The molecule has 0 saturated heterocycles. The zero-order valence-corrected chi connectivity index (χ0v) is 15.3. The van der Waals surface area contributed by atoms with Gasteiger partial charge < -0.3 is 20.5 Å². The van der Waals surface area contributed by atoms with Crippen molar-refractivity contribution in [2.24, 2.45) is 0 Å². The van der Waals surface area contributed by atoms with Crippen molar-refractivity contribution in [2.45, 2.75) is 13.0 Å². The molecule has 6 heteroatoms. The molecule has 142 valence electrons. The number of anilines is 2. The summed E-state index contributed by atoms with van der Waals surface area (Å²) in [7, 11) is 0. The molecule has 1 unspecified atom stereocenters. The van der Waals surface area contributed by atoms with Crippen molar-refractivity contribution in [3.63, 3.8) is 0 Å². The number of para-hydroxylation sites is 1. The van der Waals surface area contributed by atoms with Gasteiger partial charge in [-0.15, -0.1) is 0 Å². The van der Waals surface area contributed by atoms with Crippen LogP contribution in [0.5, 0.6) is 11.5 Å². The second-order valence-corrected chi connectivity index (χ2v) is 6.10. The first kappa shape index (κ1) is 19.0. The molecule has 0 aliphatic heterocycles. The summed E-state index contributed by atoms with van der Waals surface area (Å²) < 4.78 is 10.9. The Labute approximate surface area is 162 Å². The van der Waals surface area contributed by atoms with Crippen molar-refractivity contribution in [1.82, 2.24) is 0 Å². The predicted molar refractivity (Wildman–Crippen MR) is 107 cm³/mol. The number of nitrogens with two attached hydrogens (primary N) is 1. The van der Waals surface area contributed by atoms with Crippen LogP contribution < -0.4 is 15.8 Å². The van der Waals surface area contributed by atoms with Crippen LogP contribution >= 0.6 is 0 Å². The van der Waals surface area contributed by atoms with Gasteiger partial charge in [0.25, 0.3) is 5.91 Å². The average Bonchev–Trinajstić information content (AvgIpc) is 2.70. The van der Waals surface area contributed by atoms with Crippen molar-refractivity contribution in [2.75, 3.05) is 11.1 Å². The Morgan fingerprint density at radius 1 is 0.893 bits per heavy atom. The maximum absolute atomic E-state index is 12.3. The minimum Gasteiger partial charge on any atom is -0.457 e. The molecule has 0 radical (unpaired) electrons. The van der Waals surface area contributed by atoms with E-state index in [-0.39, 0.29) is 0 Å². The van der Waals surface area contributed by atoms with Crippen LogP contribution in [0.1, 0.15) is 17.3 Å². The number of carbonyl (C=O) groups excluding carboxylic acids is 2. The lowest BCUT2D eigenvalue weighted by molar-refractivity contribution is -0.123. The maximum Gasteiger partial charge on any atom is 0.338 e. The van der Waals surface area contributed by atoms with Gasteiger partial charge in [0.2, 0.25) is 0 Å². The normalized spacial score (nSPS) is 11.3. The predicted octanol–water partition coefficient (Wildman–Crippen LogP) is 4.25. The van der Waals surface area contributed by atoms with E-state index in [0.29, 0.717) is 22.7 Å². The van der Waals surface area contributed by atoms with Gasteiger partial charge in [0.05, 0.1) is 5.56 Å². The van der Waals surface area contributed by atoms with Crippen molar-refractivity contribution < 1.29 is 19.1 Å². The van der Waals surface area contributed by atoms with Crippen LogP contribution in [0.4, 0.5) is 11.4 Å². The second-order valence-electron chi connectivity index (χ2n) is 6.10. The van der Waals surface area contributed by atoms with Crippen molar-refractivity contribution in [3.05, 3.63) is 84.4 Å². The molecule has 3 N–H and O–H groups in total. The Morgan fingerprint density at radius 2 is 1.57 bits per heavy atom. The molecular weight excluding hydrogens is 356 g/mol. The molecule has 0 saturated carbocycles. The molecule has 0 aliphatic carbocycles. The molecule has 0 aromatic heterocycles. The topological polar surface area (TPSA) is 90.7 Å². The Kier molecular flexibility index (Phi) is 5.91. The van der Waals surface area contributed by atoms with Crippen LogP contribution in [0.25, 0.3) is 0 Å². The fraction of sp³-hybridized carbons (Fsp3) is 0.0909. The van der Waals surface area contributed by atoms with Crippen LogP contribution in [0.3, 0.4) is 0 Å². The summed E-state index contributed by atoms with van der Waals surface area (Å²) in [5.74, 6) is 0.322. The lowest BCUT2D eigenvalue weighted by Gasteiger charge is -2.14. The summed E-state index contributed by atoms with van der Waals surface area (Å²) in [5, 5.41) is 2.70. The minimum absolute atomic E-state index is 0.294. The van der Waals surface area contributed by atoms with Crippen LogP contribution in [-0.2, 0) is 9.53 Å². The number of nitrogens with one attached hydrogen (secondary N) is 1. The molecule has 0 aliphatic rings. The molecule has 0 fully saturated rings. The molecule has 0 heterocycles. The third kappa shape index (κ3) is 5.11. The van der Waals surface area contributed by atoms with Crippen molar-refractivity contribution in [1.29, 1.82) is 0 Å². The summed E-state index contributed by atoms with van der Waals surface area (Å²) in [4.78, 5) is 24.4. The summed E-state index contributed by atoms with van der Waals surface area (Å²) in [6.07, 6.45) is -0.964. The summed E-state index contributed by atoms with van der Waals surface area (Å²) in [6.45, 7) is 1.51. The van der Waals surface area contributed by atoms with E-state index in [1.807, 2.05) is 30.3 Å². The third-order valence-electron chi connectivity index (χ3n) is 3.88. The number of amides is 1. The first-order chi connectivity index (χ1) is 13.5. The molecule has 3 aromatic rings. The van der Waals surface area contributed by atoms with E-state index in [9.17, 15) is 9.59 Å². The molecule has 28 heavy (non-hydrogen) atoms. The molecule has 1 amide bonds. The highest BCUT2D eigenvalue weighted by atomic mass is 16.5. The average molecular weight is 376 g/mol. The van der Waals surface area contributed by atoms with E-state index in [1.165, 1.54) is 13.0 Å². The largest absolute Gasteiger partial charge is 0.457 e. The molecule has 3 rings (SSSR count). The molecule has 1 atom stereocenters. The highest BCUT2D eigenvalue weighted by Gasteiger charge is 2.19. The lowest BCUT2D eigenvalue weighted by Crippen LogP contribution is -2.30. The number of hydrogen-bond donors (Lipinski definition) is 2. The fourth-order valence-electron chi connectivity index (χ4n) is 2.42. The zero-order valence-electron chi connectivity index (χ0n) is 15.3. The number of ether oxygens (including phenoxy) is 2. The Morgan fingerprint density at radius 3 is 2.25 bits per heavy atom. The molecule has 0 spiro atoms. The van der Waals surface area contributed by atoms with Gasteiger partial charge >= 0.3 is 5.97 Å². The molecular formula is C22H20N2O4. The monoisotopic (exact) mass is 376 g/mol. The van der Waals surface area contributed by atoms with Crippen LogP contribution in [0, 0.1) is 0 Å². The number of benzene rings is 3. The van der Waals surface area contributed by atoms with E-state index >= 15 is 0 Å². The smallest absolute Gasteiger partial charge is 0.338 e. The van der Waals surface area contributed by atoms with Gasteiger partial charge in [0.1, 0.15) is 11.5 Å². The van der Waals surface area contributed by atoms with E-state index in [0.717, 1.165) is 5.75 Å². The highest BCUT2D eigenvalue weighted by Crippen LogP contribution is 2.22. The van der Waals surface area contributed by atoms with Gasteiger partial charge in [-0.1, -0.05) is 24.3 Å². The number of carbonyl (C=O) groups is 2. The first-order valence-corrected chi connectivity index (χ1v) is 8.71. The van der Waals surface area contributed by atoms with Gasteiger partial charge in [-0.05, 0) is 61.5 Å². The quantitative estimate of drug-likeness (QED) is 0.496. The van der Waals surface area contributed by atoms with Crippen molar-refractivity contribution in [3.8, 4) is 11.5 Å². The van der Waals surface area contributed by atoms with E-state index < -0.39 is 18.0 Å². The van der Waals surface area contributed by atoms with Crippen LogP contribution in [0.2, 0.25) is 0 Å². The lowest BCUT2D eigenvalue weighted by atomic mass is 10.2. The highest BCUT2D eigenvalue weighted by molar-refractivity contribution is 5.97. The van der Waals surface area contributed by atoms with Crippen LogP contribution in [0.15, 0.2) is 78.9 Å². The number of hydrogen-bond acceptors (Lipinski definition) is 5. The third-order valence-corrected chi connectivity index (χ3v) is 3.88. The number of nitrogen functional groups attached to an aromatic ring is 1. The van der Waals surface area contributed by atoms with Crippen LogP contribution in [-0.4, -0.2) is 18.0 Å². The summed E-state index contributed by atoms with van der Waals surface area (Å²) in [5.41, 5.74) is 6.96. The maximum atomic E-state index is 12.3. The molecule has 0 bridgehead atoms. The zero-order chi connectivity index (χ0) is 19.9. The fourth-order valence-corrected chi connectivity index (χ4v) is 2.42. The summed E-state index contributed by atoms with van der Waals surface area (Å²) in [6, 6.07) is 22.7. The Bertz CT molecular complexity index is 956. The second kappa shape index (κ2) is 8.73. The van der Waals surface area contributed by atoms with E-state index in [2.05, 4.69) is 5.32 Å². The summed E-state index contributed by atoms with van der Waals surface area (Å²) >= 11 is 0. The van der Waals surface area contributed by atoms with Gasteiger partial charge in [0, 0.05) is 11.4 Å². The van der Waals surface area contributed by atoms with Gasteiger partial charge in [-0.3, -0.25) is 4.79 Å².